The number of aromatic amines is 1. The lowest BCUT2D eigenvalue weighted by atomic mass is 9.96. The van der Waals surface area contributed by atoms with Crippen LogP contribution in [0.25, 0.3) is 10.7 Å². The van der Waals surface area contributed by atoms with Crippen LogP contribution in [0.2, 0.25) is 0 Å². The molecular formula is C55H85N17O25S4. The quantitative estimate of drug-likeness (QED) is 0.00880. The molecule has 0 aromatic carbocycles. The van der Waals surface area contributed by atoms with Crippen molar-refractivity contribution in [3.05, 3.63) is 56.8 Å². The second kappa shape index (κ2) is 38.7. The number of imidazole rings is 1. The number of nitrogen functional groups attached to an aromatic ring is 1. The number of aliphatic hydroxyl groups is 8. The monoisotopic (exact) mass is 1510 g/mol. The molecule has 4 aromatic heterocycles. The Balaban J connectivity index is 0.00000354. The molecule has 0 saturated carbocycles. The number of carbonyl (C=O) groups excluding carboxylic acids is 8. The number of hydrogen-bond acceptors (Lipinski definition) is 34. The number of carbonyl (C=O) groups is 8. The molecule has 46 heteroatoms. The summed E-state index contributed by atoms with van der Waals surface area (Å²) in [5, 5.41) is 108. The van der Waals surface area contributed by atoms with Gasteiger partial charge < -0.3 is 135 Å². The molecule has 6 heterocycles. The van der Waals surface area contributed by atoms with Crippen molar-refractivity contribution in [2.75, 3.05) is 56.8 Å². The zero-order valence-corrected chi connectivity index (χ0v) is 58.2. The summed E-state index contributed by atoms with van der Waals surface area (Å²) in [5.41, 5.74) is 28.1. The van der Waals surface area contributed by atoms with Gasteiger partial charge in [0.15, 0.2) is 18.7 Å². The Morgan fingerprint density at radius 2 is 1.46 bits per heavy atom. The van der Waals surface area contributed by atoms with Crippen molar-refractivity contribution in [1.82, 2.24) is 61.8 Å². The summed E-state index contributed by atoms with van der Waals surface area (Å²) in [7, 11) is -4.66. The number of amides is 8. The number of anilines is 1. The van der Waals surface area contributed by atoms with Gasteiger partial charge in [-0.25, -0.2) is 38.1 Å². The van der Waals surface area contributed by atoms with Gasteiger partial charge in [0.1, 0.15) is 100 Å². The van der Waals surface area contributed by atoms with E-state index >= 15 is 4.79 Å². The Morgan fingerprint density at radius 1 is 0.802 bits per heavy atom. The van der Waals surface area contributed by atoms with Gasteiger partial charge in [-0.15, -0.1) is 22.7 Å². The SMILES string of the molecule is Cc1c(N)nc([C@H](CC(N)=O)NC[C@H](N)C(N)=O)nc1C(=O)N[C@H](C(=O)N[C@H](C)[C@@H](O)[C@H](C)C(=O)N[C@H](C(=O)NCCc1nc(-c2nc(C(=O)NCCC[S+](C)C)cs2)cs1)[C@@H](C)O)C(OC1OC(CO)C(O)C(O)C1OC1OC(CO)C(O)C(OC(N)=O)C1O)c1cnc[nH]1.O=S(=O)([O-])O. The third kappa shape index (κ3) is 24.6. The molecule has 19 atom stereocenters. The summed E-state index contributed by atoms with van der Waals surface area (Å²) < 4.78 is 61.6. The van der Waals surface area contributed by atoms with Gasteiger partial charge in [0.25, 0.3) is 11.8 Å². The van der Waals surface area contributed by atoms with Crippen molar-refractivity contribution in [2.45, 2.75) is 157 Å². The lowest BCUT2D eigenvalue weighted by Crippen LogP contribution is -2.65. The van der Waals surface area contributed by atoms with E-state index in [-0.39, 0.29) is 64.9 Å². The number of aliphatic hydroxyl groups excluding tert-OH is 8. The van der Waals surface area contributed by atoms with Crippen LogP contribution in [-0.2, 0) is 75.4 Å². The first-order valence-electron chi connectivity index (χ1n) is 30.5. The van der Waals surface area contributed by atoms with Gasteiger partial charge in [0.05, 0.1) is 85.2 Å². The molecule has 11 unspecified atom stereocenters. The molecule has 42 nitrogen and oxygen atoms in total. The predicted octanol–water partition coefficient (Wildman–Crippen LogP) is -8.70. The number of ether oxygens (including phenoxy) is 5. The molecule has 0 radical (unpaired) electrons. The maximum atomic E-state index is 15.2. The summed E-state index contributed by atoms with van der Waals surface area (Å²) in [5.74, 6) is -7.69. The first-order chi connectivity index (χ1) is 47.3. The first-order valence-corrected chi connectivity index (χ1v) is 35.9. The van der Waals surface area contributed by atoms with Crippen molar-refractivity contribution in [2.24, 2.45) is 28.9 Å². The van der Waals surface area contributed by atoms with Crippen LogP contribution in [0.15, 0.2) is 23.3 Å². The highest BCUT2D eigenvalue weighted by molar-refractivity contribution is 7.95. The number of primary amides is 3. The Hall–Kier alpha value is -7.43. The third-order valence-electron chi connectivity index (χ3n) is 15.3. The van der Waals surface area contributed by atoms with Gasteiger partial charge in [-0.2, -0.15) is 0 Å². The summed E-state index contributed by atoms with van der Waals surface area (Å²) in [4.78, 5) is 131. The fourth-order valence-corrected chi connectivity index (χ4v) is 12.1. The Morgan fingerprint density at radius 3 is 2.05 bits per heavy atom. The van der Waals surface area contributed by atoms with Crippen molar-refractivity contribution >= 4 is 97.2 Å². The molecule has 2 fully saturated rings. The van der Waals surface area contributed by atoms with Gasteiger partial charge in [0, 0.05) is 55.2 Å². The van der Waals surface area contributed by atoms with Crippen molar-refractivity contribution in [3.63, 3.8) is 0 Å². The maximum Gasteiger partial charge on any atom is 0.404 e. The van der Waals surface area contributed by atoms with Crippen LogP contribution in [0.4, 0.5) is 10.6 Å². The second-order valence-corrected chi connectivity index (χ2v) is 28.3. The summed E-state index contributed by atoms with van der Waals surface area (Å²) in [6.45, 7) is 3.18. The van der Waals surface area contributed by atoms with Crippen LogP contribution in [0, 0.1) is 12.8 Å². The van der Waals surface area contributed by atoms with Gasteiger partial charge in [-0.3, -0.25) is 38.1 Å². The molecule has 2 saturated heterocycles. The lowest BCUT2D eigenvalue weighted by Gasteiger charge is -2.47. The standard InChI is InChI=1S/C55H83N17O21S3.H2O4S/c1-20-33(69-46(72-44(20)58)25(12-31(57)76)64-13-24(56)45(59)82)50(86)71-35(41(26-14-61-19-65-26)91-54-43(39(80)37(78)29(15-73)90-54)92-53-40(81)42(93-55(60)88)38(79)30(16-74)89-53)51(87)66-22(3)36(77)21(2)47(83)70-34(23(4)75)49(85)63-10-8-32-67-28(18-94-32)52-68-27(17-95-52)48(84)62-9-7-11-96(5)6;1-5(2,3)4/h14,17-19,21-25,29-30,34-43,53-54,64,73-75,77-81H,7-13,15-16,56H2,1-6H3,(H13-,57,58,59,60,61,62,63,65,66,69,70,71,72,76,82,83,84,85,86,87,88);(H2,1,2,3,4)/t21-,22+,23+,24-,25-,29?,30?,34-,35-,36-,37?,38?,39?,40?,41?,42?,43?,53?,54?;/m0./s1. The van der Waals surface area contributed by atoms with Gasteiger partial charge in [-0.05, 0) is 31.7 Å². The number of nitrogens with one attached hydrogen (secondary N) is 7. The van der Waals surface area contributed by atoms with E-state index in [9.17, 15) is 74.4 Å². The molecule has 4 aromatic rings. The zero-order chi connectivity index (χ0) is 75.5. The van der Waals surface area contributed by atoms with Crippen molar-refractivity contribution < 1.29 is 120 Å². The van der Waals surface area contributed by atoms with Crippen molar-refractivity contribution in [1.29, 1.82) is 0 Å². The smallest absolute Gasteiger partial charge is 0.404 e. The van der Waals surface area contributed by atoms with Gasteiger partial charge in [-0.1, -0.05) is 6.92 Å². The Kier molecular flexibility index (Phi) is 32.3. The van der Waals surface area contributed by atoms with E-state index in [0.717, 1.165) is 24.7 Å². The maximum absolute atomic E-state index is 15.2. The highest BCUT2D eigenvalue weighted by Crippen LogP contribution is 2.35. The molecule has 564 valence electrons. The molecule has 8 amide bonds. The number of thiazole rings is 2. The van der Waals surface area contributed by atoms with E-state index in [2.05, 4.69) is 74.3 Å². The number of nitrogens with two attached hydrogens (primary N) is 5. The molecule has 0 spiro atoms. The third-order valence-corrected chi connectivity index (χ3v) is 18.2. The topological polar surface area (TPSA) is 705 Å². The number of aromatic nitrogens is 6. The van der Waals surface area contributed by atoms with Gasteiger partial charge in [0.2, 0.25) is 39.9 Å². The molecule has 0 aliphatic carbocycles. The predicted molar refractivity (Wildman–Crippen MR) is 351 cm³/mol. The molecule has 6 rings (SSSR count). The minimum Gasteiger partial charge on any atom is -0.726 e. The summed E-state index contributed by atoms with van der Waals surface area (Å²) >= 11 is 2.52. The number of hydrogen-bond donors (Lipinski definition) is 21. The average molecular weight is 1510 g/mol. The average Bonchev–Trinajstić information content (AvgIpc) is 1.16. The lowest BCUT2D eigenvalue weighted by molar-refractivity contribution is -0.372. The minimum atomic E-state index is -4.92. The Bertz CT molecular complexity index is 3540. The molecule has 2 aliphatic rings. The van der Waals surface area contributed by atoms with Crippen LogP contribution < -0.4 is 60.6 Å². The van der Waals surface area contributed by atoms with E-state index in [1.54, 1.807) is 10.8 Å². The van der Waals surface area contributed by atoms with E-state index in [1.165, 1.54) is 50.4 Å². The van der Waals surface area contributed by atoms with Gasteiger partial charge >= 0.3 is 6.09 Å². The molecule has 2 aliphatic heterocycles. The van der Waals surface area contributed by atoms with E-state index < -0.39 is 193 Å². The summed E-state index contributed by atoms with van der Waals surface area (Å²) in [6, 6.07) is -7.85. The second-order valence-electron chi connectivity index (χ2n) is 23.2. The zero-order valence-electron chi connectivity index (χ0n) is 55.0. The number of H-pyrrole nitrogens is 1. The summed E-state index contributed by atoms with van der Waals surface area (Å²) in [6.07, 6.45) is -20.0. The highest BCUT2D eigenvalue weighted by Gasteiger charge is 2.54. The normalized spacial score (nSPS) is 23.4. The fourth-order valence-electron chi connectivity index (χ4n) is 9.80. The van der Waals surface area contributed by atoms with Crippen LogP contribution >= 0.6 is 22.7 Å². The van der Waals surface area contributed by atoms with Crippen LogP contribution in [-0.4, -0.2) is 285 Å². The van der Waals surface area contributed by atoms with Crippen molar-refractivity contribution in [3.8, 4) is 10.7 Å². The molecular weight excluding hydrogens is 1430 g/mol. The molecule has 101 heavy (non-hydrogen) atoms. The first kappa shape index (κ1) is 84.2. The fraction of sp³-hybridized carbons (Fsp3) is 0.618. The minimum absolute atomic E-state index is 0.00498. The van der Waals surface area contributed by atoms with Crippen LogP contribution in [0.1, 0.15) is 88.8 Å². The van der Waals surface area contributed by atoms with E-state index in [1.807, 2.05) is 0 Å². The largest absolute Gasteiger partial charge is 0.726 e. The van der Waals surface area contributed by atoms with E-state index in [4.69, 9.17) is 69.9 Å². The molecule has 26 N–H and O–H groups in total. The van der Waals surface area contributed by atoms with Crippen LogP contribution in [0.5, 0.6) is 0 Å². The highest BCUT2D eigenvalue weighted by atomic mass is 32.3. The Labute approximate surface area is 586 Å². The van der Waals surface area contributed by atoms with E-state index in [0.29, 0.717) is 22.3 Å². The molecule has 0 bridgehead atoms. The number of nitrogens with zero attached hydrogens (tertiary/aromatic N) is 5. The number of rotatable bonds is 35. The van der Waals surface area contributed by atoms with Crippen LogP contribution in [0.3, 0.4) is 0 Å².